The molecule has 0 amide bonds. The van der Waals surface area contributed by atoms with E-state index in [2.05, 4.69) is 0 Å². The lowest BCUT2D eigenvalue weighted by Crippen LogP contribution is -2.39. The van der Waals surface area contributed by atoms with Crippen molar-refractivity contribution in [2.24, 2.45) is 0 Å². The van der Waals surface area contributed by atoms with Crippen molar-refractivity contribution in [2.75, 3.05) is 6.67 Å². The predicted octanol–water partition coefficient (Wildman–Crippen LogP) is 1.23. The van der Waals surface area contributed by atoms with Gasteiger partial charge in [-0.3, -0.25) is 14.0 Å². The first-order valence-electron chi connectivity index (χ1n) is 3.22. The van der Waals surface area contributed by atoms with Gasteiger partial charge in [0.15, 0.2) is 11.6 Å². The van der Waals surface area contributed by atoms with E-state index in [1.165, 1.54) is 0 Å². The summed E-state index contributed by atoms with van der Waals surface area (Å²) in [4.78, 5) is 21.1. The van der Waals surface area contributed by atoms with E-state index >= 15 is 0 Å². The maximum absolute atomic E-state index is 13.1. The van der Waals surface area contributed by atoms with Crippen LogP contribution in [-0.2, 0) is 9.59 Å². The van der Waals surface area contributed by atoms with Crippen LogP contribution in [0.5, 0.6) is 0 Å². The van der Waals surface area contributed by atoms with Gasteiger partial charge < -0.3 is 0 Å². The van der Waals surface area contributed by atoms with E-state index in [0.29, 0.717) is 0 Å². The van der Waals surface area contributed by atoms with Crippen molar-refractivity contribution in [3.8, 4) is 0 Å². The molecule has 0 aliphatic heterocycles. The highest BCUT2D eigenvalue weighted by Crippen LogP contribution is 2.18. The zero-order valence-electron chi connectivity index (χ0n) is 6.49. The van der Waals surface area contributed by atoms with Gasteiger partial charge in [0, 0.05) is 6.42 Å². The fourth-order valence-corrected chi connectivity index (χ4v) is 0.730. The average Bonchev–Trinajstić information content (AvgIpc) is 1.87. The Morgan fingerprint density at radius 3 is 1.73 bits per heavy atom. The monoisotopic (exact) mass is 164 g/mol. The average molecular weight is 164 g/mol. The minimum Gasteiger partial charge on any atom is -0.296 e. The summed E-state index contributed by atoms with van der Waals surface area (Å²) in [6.07, 6.45) is -0.669. The van der Waals surface area contributed by atoms with Crippen molar-refractivity contribution >= 4 is 11.6 Å². The minimum absolute atomic E-state index is 0.669. The molecule has 0 N–H and O–H groups in total. The number of rotatable bonds is 4. The summed E-state index contributed by atoms with van der Waals surface area (Å²) in [6, 6.07) is 0. The number of halogens is 2. The van der Waals surface area contributed by atoms with E-state index in [-0.39, 0.29) is 0 Å². The molecule has 64 valence electrons. The maximum Gasteiger partial charge on any atom is 0.228 e. The number of carbonyl (C=O) groups is 2. The quantitative estimate of drug-likeness (QED) is 0.585. The van der Waals surface area contributed by atoms with Crippen molar-refractivity contribution in [3.05, 3.63) is 0 Å². The van der Waals surface area contributed by atoms with Crippen LogP contribution in [-0.4, -0.2) is 23.9 Å². The Morgan fingerprint density at radius 2 is 1.64 bits per heavy atom. The maximum atomic E-state index is 13.1. The molecule has 0 heterocycles. The van der Waals surface area contributed by atoms with Crippen LogP contribution in [0.15, 0.2) is 0 Å². The summed E-state index contributed by atoms with van der Waals surface area (Å²) in [5, 5.41) is 0. The van der Waals surface area contributed by atoms with Gasteiger partial charge in [0.05, 0.1) is 6.67 Å². The van der Waals surface area contributed by atoms with E-state index in [1.54, 1.807) is 0 Å². The molecule has 0 radical (unpaired) electrons. The van der Waals surface area contributed by atoms with E-state index in [0.717, 1.165) is 13.8 Å². The van der Waals surface area contributed by atoms with Crippen molar-refractivity contribution in [2.45, 2.75) is 25.9 Å². The first kappa shape index (κ1) is 10.2. The van der Waals surface area contributed by atoms with Crippen LogP contribution < -0.4 is 0 Å². The summed E-state index contributed by atoms with van der Waals surface area (Å²) in [6.45, 7) is 0.879. The Balaban J connectivity index is 4.52. The second-order valence-electron chi connectivity index (χ2n) is 2.35. The van der Waals surface area contributed by atoms with Gasteiger partial charge in [-0.1, -0.05) is 0 Å². The first-order chi connectivity index (χ1) is 4.95. The van der Waals surface area contributed by atoms with E-state index < -0.39 is 30.3 Å². The second kappa shape index (κ2) is 3.55. The molecule has 0 fully saturated rings. The number of carbonyl (C=O) groups excluding carboxylic acids is 2. The van der Waals surface area contributed by atoms with Gasteiger partial charge in [-0.15, -0.1) is 0 Å². The molecule has 0 unspecified atom stereocenters. The second-order valence-corrected chi connectivity index (χ2v) is 2.35. The fraction of sp³-hybridized carbons (Fsp3) is 0.714. The largest absolute Gasteiger partial charge is 0.296 e. The Bertz CT molecular complexity index is 163. The molecule has 0 aliphatic carbocycles. The van der Waals surface area contributed by atoms with Gasteiger partial charge in [-0.05, 0) is 13.8 Å². The smallest absolute Gasteiger partial charge is 0.228 e. The van der Waals surface area contributed by atoms with Crippen LogP contribution >= 0.6 is 0 Å². The molecule has 0 aromatic carbocycles. The van der Waals surface area contributed by atoms with Crippen LogP contribution in [0.4, 0.5) is 8.78 Å². The summed E-state index contributed by atoms with van der Waals surface area (Å²) in [5.74, 6) is -1.86. The number of alkyl halides is 2. The lowest BCUT2D eigenvalue weighted by molar-refractivity contribution is -0.141. The normalized spacial score (nSPS) is 11.3. The molecule has 0 aromatic rings. The summed E-state index contributed by atoms with van der Waals surface area (Å²) in [7, 11) is 0. The lowest BCUT2D eigenvalue weighted by atomic mass is 9.94. The van der Waals surface area contributed by atoms with E-state index in [4.69, 9.17) is 0 Å². The van der Waals surface area contributed by atoms with Crippen LogP contribution in [0.3, 0.4) is 0 Å². The van der Waals surface area contributed by atoms with Gasteiger partial charge in [0.25, 0.3) is 0 Å². The molecule has 0 spiro atoms. The molecule has 0 aliphatic rings. The zero-order valence-corrected chi connectivity index (χ0v) is 6.49. The highest BCUT2D eigenvalue weighted by Gasteiger charge is 2.40. The standard InChI is InChI=1S/C7H10F2O2/c1-5(10)7(9,3-4-8)6(2)11/h3-4H2,1-2H3. The number of ketones is 2. The fourth-order valence-electron chi connectivity index (χ4n) is 0.730. The Morgan fingerprint density at radius 1 is 1.27 bits per heavy atom. The third-order valence-corrected chi connectivity index (χ3v) is 1.56. The lowest BCUT2D eigenvalue weighted by Gasteiger charge is -2.16. The third-order valence-electron chi connectivity index (χ3n) is 1.56. The van der Waals surface area contributed by atoms with Crippen molar-refractivity contribution < 1.29 is 18.4 Å². The molecule has 0 saturated heterocycles. The summed E-state index contributed by atoms with van der Waals surface area (Å²) < 4.78 is 24.8. The van der Waals surface area contributed by atoms with Crippen LogP contribution in [0, 0.1) is 0 Å². The number of Topliss-reactive ketones (excluding diaryl/α,β-unsaturated/α-hetero) is 2. The summed E-state index contributed by atoms with van der Waals surface area (Å²) >= 11 is 0. The van der Waals surface area contributed by atoms with Gasteiger partial charge in [-0.25, -0.2) is 4.39 Å². The number of hydrogen-bond acceptors (Lipinski definition) is 2. The molecule has 0 bridgehead atoms. The Kier molecular flexibility index (Phi) is 3.29. The third kappa shape index (κ3) is 2.06. The molecule has 11 heavy (non-hydrogen) atoms. The topological polar surface area (TPSA) is 34.1 Å². The molecule has 4 heteroatoms. The minimum atomic E-state index is -2.60. The van der Waals surface area contributed by atoms with E-state index in [1.807, 2.05) is 0 Å². The Hall–Kier alpha value is -0.800. The van der Waals surface area contributed by atoms with Gasteiger partial charge >= 0.3 is 0 Å². The molecular formula is C7H10F2O2. The van der Waals surface area contributed by atoms with E-state index in [9.17, 15) is 18.4 Å². The SMILES string of the molecule is CC(=O)C(F)(CCF)C(C)=O. The Labute approximate surface area is 63.6 Å². The van der Waals surface area contributed by atoms with Crippen LogP contribution in [0.1, 0.15) is 20.3 Å². The molecule has 2 nitrogen and oxygen atoms in total. The first-order valence-corrected chi connectivity index (χ1v) is 3.22. The predicted molar refractivity (Wildman–Crippen MR) is 35.8 cm³/mol. The molecular weight excluding hydrogens is 154 g/mol. The van der Waals surface area contributed by atoms with Gasteiger partial charge in [0.1, 0.15) is 0 Å². The highest BCUT2D eigenvalue weighted by molar-refractivity contribution is 6.08. The zero-order chi connectivity index (χ0) is 9.07. The molecule has 0 saturated carbocycles. The van der Waals surface area contributed by atoms with Crippen LogP contribution in [0.2, 0.25) is 0 Å². The molecule has 0 atom stereocenters. The van der Waals surface area contributed by atoms with Crippen molar-refractivity contribution in [1.29, 1.82) is 0 Å². The van der Waals surface area contributed by atoms with Crippen molar-refractivity contribution in [1.82, 2.24) is 0 Å². The van der Waals surface area contributed by atoms with Gasteiger partial charge in [0.2, 0.25) is 5.67 Å². The summed E-state index contributed by atoms with van der Waals surface area (Å²) in [5.41, 5.74) is -2.60. The number of hydrogen-bond donors (Lipinski definition) is 0. The highest BCUT2D eigenvalue weighted by atomic mass is 19.1. The van der Waals surface area contributed by atoms with Crippen LogP contribution in [0.25, 0.3) is 0 Å². The molecule has 0 rings (SSSR count). The molecule has 0 aromatic heterocycles. The van der Waals surface area contributed by atoms with Gasteiger partial charge in [-0.2, -0.15) is 0 Å². The van der Waals surface area contributed by atoms with Crippen molar-refractivity contribution in [3.63, 3.8) is 0 Å².